The third kappa shape index (κ3) is 2.44. The predicted molar refractivity (Wildman–Crippen MR) is 42.5 cm³/mol. The summed E-state index contributed by atoms with van der Waals surface area (Å²) in [6.45, 7) is 5.89. The van der Waals surface area contributed by atoms with Crippen molar-refractivity contribution in [3.63, 3.8) is 0 Å². The molecule has 0 fully saturated rings. The topological polar surface area (TPSA) is 51.8 Å². The molecule has 0 aromatic carbocycles. The first-order valence-corrected chi connectivity index (χ1v) is 3.33. The SMILES string of the molecule is CC.Cc1cnncc1N. The molecule has 0 aliphatic rings. The van der Waals surface area contributed by atoms with E-state index < -0.39 is 0 Å². The Balaban J connectivity index is 0.000000371. The van der Waals surface area contributed by atoms with Gasteiger partial charge in [0.1, 0.15) is 0 Å². The highest BCUT2D eigenvalue weighted by Gasteiger charge is 1.87. The van der Waals surface area contributed by atoms with Gasteiger partial charge in [0.15, 0.2) is 0 Å². The van der Waals surface area contributed by atoms with Gasteiger partial charge in [0.05, 0.1) is 18.1 Å². The number of rotatable bonds is 0. The van der Waals surface area contributed by atoms with Crippen molar-refractivity contribution >= 4 is 5.69 Å². The average Bonchev–Trinajstić information content (AvgIpc) is 2.00. The molecule has 0 radical (unpaired) electrons. The monoisotopic (exact) mass is 139 g/mol. The maximum absolute atomic E-state index is 5.42. The summed E-state index contributed by atoms with van der Waals surface area (Å²) in [7, 11) is 0. The first-order valence-electron chi connectivity index (χ1n) is 3.33. The molecule has 3 heteroatoms. The highest BCUT2D eigenvalue weighted by molar-refractivity contribution is 5.40. The van der Waals surface area contributed by atoms with Crippen molar-refractivity contribution in [2.45, 2.75) is 20.8 Å². The van der Waals surface area contributed by atoms with Crippen LogP contribution in [0.4, 0.5) is 5.69 Å². The van der Waals surface area contributed by atoms with Crippen LogP contribution in [0, 0.1) is 6.92 Å². The molecule has 0 saturated carbocycles. The van der Waals surface area contributed by atoms with E-state index in [1.807, 2.05) is 20.8 Å². The van der Waals surface area contributed by atoms with Crippen molar-refractivity contribution in [2.75, 3.05) is 5.73 Å². The number of anilines is 1. The van der Waals surface area contributed by atoms with E-state index in [1.54, 1.807) is 6.20 Å². The number of nitrogen functional groups attached to an aromatic ring is 1. The molecule has 0 amide bonds. The van der Waals surface area contributed by atoms with Crippen molar-refractivity contribution in [3.05, 3.63) is 18.0 Å². The maximum Gasteiger partial charge on any atom is 0.0728 e. The second kappa shape index (κ2) is 4.73. The van der Waals surface area contributed by atoms with Gasteiger partial charge in [0, 0.05) is 0 Å². The van der Waals surface area contributed by atoms with E-state index in [9.17, 15) is 0 Å². The molecule has 1 aromatic heterocycles. The molecule has 10 heavy (non-hydrogen) atoms. The molecule has 1 rings (SSSR count). The lowest BCUT2D eigenvalue weighted by atomic mass is 10.3. The lowest BCUT2D eigenvalue weighted by Gasteiger charge is -1.91. The molecule has 1 aromatic rings. The van der Waals surface area contributed by atoms with E-state index >= 15 is 0 Å². The van der Waals surface area contributed by atoms with Crippen molar-refractivity contribution in [2.24, 2.45) is 0 Å². The summed E-state index contributed by atoms with van der Waals surface area (Å²) in [5, 5.41) is 7.19. The van der Waals surface area contributed by atoms with Crippen LogP contribution in [0.3, 0.4) is 0 Å². The predicted octanol–water partition coefficient (Wildman–Crippen LogP) is 1.39. The summed E-state index contributed by atoms with van der Waals surface area (Å²) < 4.78 is 0. The van der Waals surface area contributed by atoms with Crippen LogP contribution >= 0.6 is 0 Å². The van der Waals surface area contributed by atoms with Crippen molar-refractivity contribution < 1.29 is 0 Å². The Kier molecular flexibility index (Phi) is 4.20. The fraction of sp³-hybridized carbons (Fsp3) is 0.429. The highest BCUT2D eigenvalue weighted by atomic mass is 15.1. The number of aromatic nitrogens is 2. The summed E-state index contributed by atoms with van der Waals surface area (Å²) in [6, 6.07) is 0. The van der Waals surface area contributed by atoms with Gasteiger partial charge in [-0.1, -0.05) is 13.8 Å². The van der Waals surface area contributed by atoms with Crippen LogP contribution in [-0.2, 0) is 0 Å². The Morgan fingerprint density at radius 3 is 2.00 bits per heavy atom. The van der Waals surface area contributed by atoms with Gasteiger partial charge in [-0.05, 0) is 12.5 Å². The Morgan fingerprint density at radius 2 is 1.70 bits per heavy atom. The molecular formula is C7H13N3. The summed E-state index contributed by atoms with van der Waals surface area (Å²) in [5.41, 5.74) is 7.08. The summed E-state index contributed by atoms with van der Waals surface area (Å²) in [4.78, 5) is 0. The Morgan fingerprint density at radius 1 is 1.20 bits per heavy atom. The molecule has 56 valence electrons. The average molecular weight is 139 g/mol. The zero-order chi connectivity index (χ0) is 7.98. The van der Waals surface area contributed by atoms with E-state index in [1.165, 1.54) is 6.20 Å². The quantitative estimate of drug-likeness (QED) is 0.591. The lowest BCUT2D eigenvalue weighted by Crippen LogP contribution is -1.91. The van der Waals surface area contributed by atoms with Crippen molar-refractivity contribution in [1.82, 2.24) is 10.2 Å². The first kappa shape index (κ1) is 8.88. The van der Waals surface area contributed by atoms with Gasteiger partial charge >= 0.3 is 0 Å². The second-order valence-electron chi connectivity index (χ2n) is 1.63. The smallest absolute Gasteiger partial charge is 0.0728 e. The molecular weight excluding hydrogens is 126 g/mol. The maximum atomic E-state index is 5.42. The third-order valence-electron chi connectivity index (χ3n) is 0.970. The van der Waals surface area contributed by atoms with Crippen LogP contribution in [0.1, 0.15) is 19.4 Å². The summed E-state index contributed by atoms with van der Waals surface area (Å²) in [6.07, 6.45) is 3.17. The Bertz CT molecular complexity index is 165. The number of hydrogen-bond donors (Lipinski definition) is 1. The molecule has 0 bridgehead atoms. The molecule has 0 unspecified atom stereocenters. The van der Waals surface area contributed by atoms with Crippen LogP contribution in [0.15, 0.2) is 12.4 Å². The van der Waals surface area contributed by atoms with Gasteiger partial charge in [-0.25, -0.2) is 0 Å². The van der Waals surface area contributed by atoms with Gasteiger partial charge in [0.25, 0.3) is 0 Å². The first-order chi connectivity index (χ1) is 4.80. The van der Waals surface area contributed by atoms with E-state index in [0.29, 0.717) is 5.69 Å². The van der Waals surface area contributed by atoms with E-state index in [2.05, 4.69) is 10.2 Å². The highest BCUT2D eigenvalue weighted by Crippen LogP contribution is 2.02. The van der Waals surface area contributed by atoms with Crippen LogP contribution < -0.4 is 5.73 Å². The molecule has 0 saturated heterocycles. The minimum Gasteiger partial charge on any atom is -0.397 e. The normalized spacial score (nSPS) is 7.90. The number of nitrogens with two attached hydrogens (primary N) is 1. The zero-order valence-corrected chi connectivity index (χ0v) is 6.63. The van der Waals surface area contributed by atoms with E-state index in [0.717, 1.165) is 5.56 Å². The van der Waals surface area contributed by atoms with Gasteiger partial charge in [-0.15, -0.1) is 0 Å². The summed E-state index contributed by atoms with van der Waals surface area (Å²) in [5.74, 6) is 0. The third-order valence-corrected chi connectivity index (χ3v) is 0.970. The molecule has 2 N–H and O–H groups in total. The van der Waals surface area contributed by atoms with Crippen LogP contribution in [0.2, 0.25) is 0 Å². The van der Waals surface area contributed by atoms with Crippen LogP contribution in [0.25, 0.3) is 0 Å². The van der Waals surface area contributed by atoms with E-state index in [-0.39, 0.29) is 0 Å². The Hall–Kier alpha value is -1.12. The van der Waals surface area contributed by atoms with Gasteiger partial charge < -0.3 is 5.73 Å². The Labute approximate surface area is 61.3 Å². The molecule has 3 nitrogen and oxygen atoms in total. The van der Waals surface area contributed by atoms with Crippen molar-refractivity contribution in [1.29, 1.82) is 0 Å². The van der Waals surface area contributed by atoms with Crippen molar-refractivity contribution in [3.8, 4) is 0 Å². The van der Waals surface area contributed by atoms with E-state index in [4.69, 9.17) is 5.73 Å². The van der Waals surface area contributed by atoms with Gasteiger partial charge in [-0.2, -0.15) is 10.2 Å². The second-order valence-corrected chi connectivity index (χ2v) is 1.63. The van der Waals surface area contributed by atoms with Gasteiger partial charge in [-0.3, -0.25) is 0 Å². The molecule has 0 aliphatic carbocycles. The standard InChI is InChI=1S/C5H7N3.C2H6/c1-4-2-7-8-3-5(4)6;1-2/h2-3H,1H3,(H2,6,7);1-2H3. The fourth-order valence-electron chi connectivity index (χ4n) is 0.392. The molecule has 0 atom stereocenters. The zero-order valence-electron chi connectivity index (χ0n) is 6.63. The largest absolute Gasteiger partial charge is 0.397 e. The number of aryl methyl sites for hydroxylation is 1. The van der Waals surface area contributed by atoms with Gasteiger partial charge in [0.2, 0.25) is 0 Å². The molecule has 0 aliphatic heterocycles. The van der Waals surface area contributed by atoms with Crippen LogP contribution in [-0.4, -0.2) is 10.2 Å². The fourth-order valence-corrected chi connectivity index (χ4v) is 0.392. The number of nitrogens with zero attached hydrogens (tertiary/aromatic N) is 2. The minimum atomic E-state index is 0.694. The number of hydrogen-bond acceptors (Lipinski definition) is 3. The minimum absolute atomic E-state index is 0.694. The summed E-state index contributed by atoms with van der Waals surface area (Å²) >= 11 is 0. The molecule has 1 heterocycles. The van der Waals surface area contributed by atoms with Crippen LogP contribution in [0.5, 0.6) is 0 Å². The lowest BCUT2D eigenvalue weighted by molar-refractivity contribution is 1.02. The molecule has 0 spiro atoms.